The van der Waals surface area contributed by atoms with Crippen LogP contribution in [0.3, 0.4) is 0 Å². The largest absolute Gasteiger partial charge is 0.495 e. The van der Waals surface area contributed by atoms with Gasteiger partial charge < -0.3 is 10.1 Å². The fourth-order valence-electron chi connectivity index (χ4n) is 0.649. The average molecular weight is 138 g/mol. The fourth-order valence-corrected chi connectivity index (χ4v) is 0.649. The summed E-state index contributed by atoms with van der Waals surface area (Å²) in [6, 6.07) is 3.72. The van der Waals surface area contributed by atoms with Crippen molar-refractivity contribution in [3.8, 4) is 5.75 Å². The summed E-state index contributed by atoms with van der Waals surface area (Å²) < 4.78 is 4.92. The van der Waals surface area contributed by atoms with Gasteiger partial charge in [-0.2, -0.15) is 0 Å². The Bertz CT molecular complexity index is 172. The number of hydrogen-bond donors (Lipinski definition) is 1. The summed E-state index contributed by atoms with van der Waals surface area (Å²) >= 11 is 0. The van der Waals surface area contributed by atoms with Gasteiger partial charge in [0, 0.05) is 7.05 Å². The molecule has 1 N–H and O–H groups in total. The Morgan fingerprint density at radius 3 is 2.70 bits per heavy atom. The number of rotatable bonds is 2. The highest BCUT2D eigenvalue weighted by Gasteiger charge is 1.89. The van der Waals surface area contributed by atoms with Crippen LogP contribution in [0.1, 0.15) is 0 Å². The molecule has 0 atom stereocenters. The number of nitrogens with zero attached hydrogens (tertiary/aromatic N) is 1. The van der Waals surface area contributed by atoms with Crippen LogP contribution in [-0.2, 0) is 0 Å². The van der Waals surface area contributed by atoms with Gasteiger partial charge in [-0.25, -0.2) is 4.98 Å². The van der Waals surface area contributed by atoms with Crippen LogP contribution in [0, 0.1) is 0 Å². The molecular formula is C7H10N2O. The summed E-state index contributed by atoms with van der Waals surface area (Å²) in [7, 11) is 3.45. The average Bonchev–Trinajstić information content (AvgIpc) is 2.05. The van der Waals surface area contributed by atoms with Crippen LogP contribution in [0.15, 0.2) is 18.3 Å². The topological polar surface area (TPSA) is 34.1 Å². The summed E-state index contributed by atoms with van der Waals surface area (Å²) in [6.07, 6.45) is 1.67. The van der Waals surface area contributed by atoms with Gasteiger partial charge >= 0.3 is 0 Å². The third kappa shape index (κ3) is 1.37. The van der Waals surface area contributed by atoms with Crippen LogP contribution < -0.4 is 10.1 Å². The van der Waals surface area contributed by atoms with Gasteiger partial charge in [-0.1, -0.05) is 0 Å². The van der Waals surface area contributed by atoms with Crippen LogP contribution >= 0.6 is 0 Å². The molecule has 0 aliphatic carbocycles. The van der Waals surface area contributed by atoms with E-state index in [1.165, 1.54) is 0 Å². The van der Waals surface area contributed by atoms with Gasteiger partial charge in [0.25, 0.3) is 0 Å². The molecule has 0 spiro atoms. The second-order valence-electron chi connectivity index (χ2n) is 1.83. The van der Waals surface area contributed by atoms with Crippen molar-refractivity contribution < 1.29 is 4.74 Å². The molecule has 0 unspecified atom stereocenters. The Balaban J connectivity index is 2.80. The molecule has 0 saturated carbocycles. The van der Waals surface area contributed by atoms with Gasteiger partial charge in [0.2, 0.25) is 0 Å². The van der Waals surface area contributed by atoms with E-state index < -0.39 is 0 Å². The van der Waals surface area contributed by atoms with E-state index >= 15 is 0 Å². The first-order valence-electron chi connectivity index (χ1n) is 3.04. The van der Waals surface area contributed by atoms with Crippen LogP contribution in [0.2, 0.25) is 0 Å². The van der Waals surface area contributed by atoms with Crippen molar-refractivity contribution in [1.82, 2.24) is 4.98 Å². The quantitative estimate of drug-likeness (QED) is 0.665. The van der Waals surface area contributed by atoms with Crippen LogP contribution in [0.4, 0.5) is 5.82 Å². The molecule has 54 valence electrons. The molecule has 0 amide bonds. The minimum atomic E-state index is 0.777. The minimum absolute atomic E-state index is 0.777. The SMILES string of the molecule is CNc1ccc(OC)cn1. The molecule has 0 bridgehead atoms. The molecule has 1 aromatic heterocycles. The smallest absolute Gasteiger partial charge is 0.137 e. The Kier molecular flexibility index (Phi) is 2.10. The first-order valence-corrected chi connectivity index (χ1v) is 3.04. The lowest BCUT2D eigenvalue weighted by Gasteiger charge is -1.99. The third-order valence-electron chi connectivity index (χ3n) is 1.23. The first-order chi connectivity index (χ1) is 4.86. The molecule has 0 radical (unpaired) electrons. The fraction of sp³-hybridized carbons (Fsp3) is 0.286. The van der Waals surface area contributed by atoms with E-state index in [0.717, 1.165) is 11.6 Å². The zero-order valence-corrected chi connectivity index (χ0v) is 6.09. The van der Waals surface area contributed by atoms with E-state index in [-0.39, 0.29) is 0 Å². The van der Waals surface area contributed by atoms with E-state index in [1.54, 1.807) is 13.3 Å². The van der Waals surface area contributed by atoms with Crippen molar-refractivity contribution in [2.45, 2.75) is 0 Å². The first kappa shape index (κ1) is 6.86. The van der Waals surface area contributed by atoms with E-state index in [1.807, 2.05) is 19.2 Å². The van der Waals surface area contributed by atoms with E-state index in [4.69, 9.17) is 4.74 Å². The lowest BCUT2D eigenvalue weighted by Crippen LogP contribution is -1.91. The molecule has 1 aromatic rings. The number of hydrogen-bond acceptors (Lipinski definition) is 3. The number of methoxy groups -OCH3 is 1. The molecule has 10 heavy (non-hydrogen) atoms. The van der Waals surface area contributed by atoms with Crippen LogP contribution in [-0.4, -0.2) is 19.1 Å². The van der Waals surface area contributed by atoms with Crippen molar-refractivity contribution in [3.05, 3.63) is 18.3 Å². The van der Waals surface area contributed by atoms with Gasteiger partial charge in [-0.15, -0.1) is 0 Å². The third-order valence-corrected chi connectivity index (χ3v) is 1.23. The van der Waals surface area contributed by atoms with E-state index in [0.29, 0.717) is 0 Å². The van der Waals surface area contributed by atoms with Crippen molar-refractivity contribution in [1.29, 1.82) is 0 Å². The Morgan fingerprint density at radius 2 is 2.30 bits per heavy atom. The molecule has 0 fully saturated rings. The Hall–Kier alpha value is -1.25. The van der Waals surface area contributed by atoms with E-state index in [9.17, 15) is 0 Å². The molecule has 0 aromatic carbocycles. The highest BCUT2D eigenvalue weighted by molar-refractivity contribution is 5.36. The second kappa shape index (κ2) is 3.06. The number of aromatic nitrogens is 1. The summed E-state index contributed by atoms with van der Waals surface area (Å²) in [5.74, 6) is 1.62. The zero-order chi connectivity index (χ0) is 7.40. The predicted octanol–water partition coefficient (Wildman–Crippen LogP) is 1.13. The van der Waals surface area contributed by atoms with E-state index in [2.05, 4.69) is 10.3 Å². The second-order valence-corrected chi connectivity index (χ2v) is 1.83. The highest BCUT2D eigenvalue weighted by Crippen LogP contribution is 2.09. The highest BCUT2D eigenvalue weighted by atomic mass is 16.5. The summed E-state index contributed by atoms with van der Waals surface area (Å²) in [6.45, 7) is 0. The zero-order valence-electron chi connectivity index (χ0n) is 6.09. The summed E-state index contributed by atoms with van der Waals surface area (Å²) in [5, 5.41) is 2.91. The molecular weight excluding hydrogens is 128 g/mol. The number of nitrogens with one attached hydrogen (secondary N) is 1. The van der Waals surface area contributed by atoms with Gasteiger partial charge in [0.15, 0.2) is 0 Å². The molecule has 3 nitrogen and oxygen atoms in total. The van der Waals surface area contributed by atoms with Crippen molar-refractivity contribution >= 4 is 5.82 Å². The maximum Gasteiger partial charge on any atom is 0.137 e. The van der Waals surface area contributed by atoms with Gasteiger partial charge in [-0.05, 0) is 12.1 Å². The molecule has 0 saturated heterocycles. The number of anilines is 1. The molecule has 0 aliphatic rings. The van der Waals surface area contributed by atoms with Crippen molar-refractivity contribution in [2.24, 2.45) is 0 Å². The van der Waals surface area contributed by atoms with Crippen LogP contribution in [0.5, 0.6) is 5.75 Å². The van der Waals surface area contributed by atoms with Gasteiger partial charge in [-0.3, -0.25) is 0 Å². The lowest BCUT2D eigenvalue weighted by atomic mass is 10.4. The minimum Gasteiger partial charge on any atom is -0.495 e. The Labute approximate surface area is 60.0 Å². The van der Waals surface area contributed by atoms with Crippen molar-refractivity contribution in [2.75, 3.05) is 19.5 Å². The van der Waals surface area contributed by atoms with Crippen molar-refractivity contribution in [3.63, 3.8) is 0 Å². The van der Waals surface area contributed by atoms with Gasteiger partial charge in [0.1, 0.15) is 11.6 Å². The number of pyridine rings is 1. The monoisotopic (exact) mass is 138 g/mol. The summed E-state index contributed by atoms with van der Waals surface area (Å²) in [5.41, 5.74) is 0. The number of ether oxygens (including phenoxy) is 1. The maximum absolute atomic E-state index is 4.92. The Morgan fingerprint density at radius 1 is 1.50 bits per heavy atom. The molecule has 0 aliphatic heterocycles. The predicted molar refractivity (Wildman–Crippen MR) is 40.3 cm³/mol. The molecule has 1 heterocycles. The molecule has 3 heteroatoms. The maximum atomic E-state index is 4.92. The lowest BCUT2D eigenvalue weighted by molar-refractivity contribution is 0.413. The normalized spacial score (nSPS) is 9.00. The van der Waals surface area contributed by atoms with Crippen LogP contribution in [0.25, 0.3) is 0 Å². The molecule has 1 rings (SSSR count). The summed E-state index contributed by atoms with van der Waals surface area (Å²) in [4.78, 5) is 4.03. The van der Waals surface area contributed by atoms with Gasteiger partial charge in [0.05, 0.1) is 13.3 Å². The standard InChI is InChI=1S/C7H10N2O/c1-8-7-4-3-6(10-2)5-9-7/h3-5H,1-2H3,(H,8,9).